The van der Waals surface area contributed by atoms with Crippen LogP contribution >= 0.6 is 80.3 Å². The highest BCUT2D eigenvalue weighted by Gasteiger charge is 2.37. The molecule has 14 rings (SSSR count). The van der Waals surface area contributed by atoms with Gasteiger partial charge >= 0.3 is 0 Å². The highest BCUT2D eigenvalue weighted by molar-refractivity contribution is 7.35. The molecule has 0 spiro atoms. The first-order chi connectivity index (χ1) is 34.3. The molecule has 2 atom stereocenters. The van der Waals surface area contributed by atoms with Crippen LogP contribution in [0.2, 0.25) is 10.0 Å². The molecular formula is C52H20Cl2F4N8S5. The maximum atomic E-state index is 15.3. The zero-order valence-electron chi connectivity index (χ0n) is 36.1. The van der Waals surface area contributed by atoms with Gasteiger partial charge in [-0.25, -0.2) is 17.6 Å². The minimum atomic E-state index is -1.10. The summed E-state index contributed by atoms with van der Waals surface area (Å²) in [7, 11) is 0. The first-order valence-electron chi connectivity index (χ1n) is 21.7. The lowest BCUT2D eigenvalue weighted by Crippen LogP contribution is -2.09. The van der Waals surface area contributed by atoms with Gasteiger partial charge in [0, 0.05) is 44.8 Å². The van der Waals surface area contributed by atoms with E-state index < -0.39 is 23.3 Å². The van der Waals surface area contributed by atoms with Crippen molar-refractivity contribution in [3.05, 3.63) is 124 Å². The van der Waals surface area contributed by atoms with E-state index >= 15 is 17.6 Å². The van der Waals surface area contributed by atoms with Crippen LogP contribution < -0.4 is 0 Å². The predicted octanol–water partition coefficient (Wildman–Crippen LogP) is 16.2. The maximum absolute atomic E-state index is 15.3. The molecular weight excluding hydrogens is 1040 g/mol. The van der Waals surface area contributed by atoms with Crippen LogP contribution in [0.5, 0.6) is 0 Å². The lowest BCUT2D eigenvalue weighted by atomic mass is 9.96. The third-order valence-electron chi connectivity index (χ3n) is 13.8. The summed E-state index contributed by atoms with van der Waals surface area (Å²) in [6, 6.07) is 12.3. The van der Waals surface area contributed by atoms with Crippen LogP contribution in [0.4, 0.5) is 17.6 Å². The standard InChI is InChI=1S/C52H20Cl2F4N8S5/c1-17-3-21-23-5-29(55)31(57)7-25(23)35(19(11-59)12-60)27(21)9-33-39(53)49-51(67-33)45-47(69-49)37-41-42(64-71-63-41)38-44(43(37)65(45)15-17)66-16-18(2)4-22-24-6-30(56)32(58)8-26(24)36(20(13-61)14-62)28(22)10-34-40(54)50-52(68-34)46(66)48(38)70-50/h3-10,17-18H,15-16H2,1-2H3/b21-3?,22-4?,27-9+,28-10?. The average Bonchev–Trinajstić information content (AvgIpc) is 4.24. The van der Waals surface area contributed by atoms with Crippen LogP contribution in [-0.4, -0.2) is 17.9 Å². The van der Waals surface area contributed by atoms with Crippen molar-refractivity contribution in [2.45, 2.75) is 26.9 Å². The number of aromatic nitrogens is 4. The van der Waals surface area contributed by atoms with E-state index in [1.807, 2.05) is 62.4 Å². The van der Waals surface area contributed by atoms with E-state index in [0.29, 0.717) is 66.3 Å². The third-order valence-corrected chi connectivity index (χ3v) is 20.6. The number of benzene rings is 3. The van der Waals surface area contributed by atoms with Gasteiger partial charge in [0.1, 0.15) is 46.5 Å². The molecule has 0 amide bonds. The molecule has 2 aliphatic carbocycles. The van der Waals surface area contributed by atoms with Crippen molar-refractivity contribution in [1.29, 1.82) is 21.0 Å². The van der Waals surface area contributed by atoms with Crippen molar-refractivity contribution < 1.29 is 17.6 Å². The summed E-state index contributed by atoms with van der Waals surface area (Å²) >= 11 is 21.9. The summed E-state index contributed by atoms with van der Waals surface area (Å²) in [5.74, 6) is -4.91. The zero-order valence-corrected chi connectivity index (χ0v) is 41.7. The Hall–Kier alpha value is -6.90. The highest BCUT2D eigenvalue weighted by atomic mass is 35.5. The molecule has 0 N–H and O–H groups in total. The van der Waals surface area contributed by atoms with Crippen molar-refractivity contribution in [3.8, 4) is 24.3 Å². The van der Waals surface area contributed by atoms with Crippen LogP contribution in [0, 0.1) is 80.4 Å². The van der Waals surface area contributed by atoms with Gasteiger partial charge in [-0.2, -0.15) is 29.8 Å². The SMILES string of the molecule is CC1C=C2C(=Cc3sc4c(sc5c6c7nsnc7c7c8sc9c(Cl)c%10sc9c8n(c7c6n(c45)C1)CC(C)C=C1/C(=C\%10)C(=C(C#N)C#N)c4cc(F)c(F)cc41)c3Cl)C(=C(C#N)C#N)c1cc(F)c(F)cc12. The molecule has 0 saturated heterocycles. The molecule has 9 heterocycles. The molecule has 71 heavy (non-hydrogen) atoms. The van der Waals surface area contributed by atoms with Gasteiger partial charge in [-0.3, -0.25) is 0 Å². The van der Waals surface area contributed by atoms with Gasteiger partial charge < -0.3 is 9.13 Å². The number of fused-ring (bicyclic) bond motifs is 18. The van der Waals surface area contributed by atoms with E-state index in [9.17, 15) is 21.0 Å². The second-order valence-electron chi connectivity index (χ2n) is 17.9. The molecule has 4 aliphatic rings. The quantitative estimate of drug-likeness (QED) is 0.110. The monoisotopic (exact) mass is 1060 g/mol. The van der Waals surface area contributed by atoms with Crippen molar-refractivity contribution in [2.24, 2.45) is 11.8 Å². The second kappa shape index (κ2) is 14.8. The smallest absolute Gasteiger partial charge is 0.159 e. The molecule has 2 unspecified atom stereocenters. The Labute approximate surface area is 427 Å². The van der Waals surface area contributed by atoms with Gasteiger partial charge in [0.2, 0.25) is 0 Å². The van der Waals surface area contributed by atoms with E-state index in [2.05, 4.69) is 9.13 Å². The van der Waals surface area contributed by atoms with Gasteiger partial charge in [-0.1, -0.05) is 49.2 Å². The Morgan fingerprint density at radius 2 is 0.915 bits per heavy atom. The number of hydrogen-bond donors (Lipinski definition) is 0. The molecule has 19 heteroatoms. The fourth-order valence-corrected chi connectivity index (χ4v) is 17.9. The molecule has 0 fully saturated rings. The number of thiophene rings is 4. The summed E-state index contributed by atoms with van der Waals surface area (Å²) in [6.45, 7) is 4.85. The van der Waals surface area contributed by atoms with Crippen LogP contribution in [0.15, 0.2) is 58.7 Å². The minimum Gasteiger partial charge on any atom is -0.336 e. The molecule has 2 aliphatic heterocycles. The number of rotatable bonds is 0. The summed E-state index contributed by atoms with van der Waals surface area (Å²) in [4.78, 5) is 1.30. The second-order valence-corrected chi connectivity index (χ2v) is 23.3. The van der Waals surface area contributed by atoms with E-state index in [1.54, 1.807) is 22.7 Å². The molecule has 10 aromatic rings. The number of hydrogen-bond acceptors (Lipinski definition) is 11. The lowest BCUT2D eigenvalue weighted by Gasteiger charge is -2.17. The first kappa shape index (κ1) is 42.9. The molecule has 4 bridgehead atoms. The summed E-state index contributed by atoms with van der Waals surface area (Å²) < 4.78 is 80.8. The fraction of sp³-hybridized carbons (Fsp3) is 0.115. The van der Waals surface area contributed by atoms with Crippen molar-refractivity contribution in [2.75, 3.05) is 0 Å². The Morgan fingerprint density at radius 3 is 1.30 bits per heavy atom. The number of nitrogens with zero attached hydrogens (tertiary/aromatic N) is 8. The number of halogens is 6. The van der Waals surface area contributed by atoms with E-state index in [1.165, 1.54) is 22.7 Å². The summed E-state index contributed by atoms with van der Waals surface area (Å²) in [5, 5.41) is 43.6. The van der Waals surface area contributed by atoms with Gasteiger partial charge in [-0.15, -0.1) is 45.3 Å². The van der Waals surface area contributed by atoms with Crippen molar-refractivity contribution >= 4 is 187 Å². The molecule has 7 aromatic heterocycles. The van der Waals surface area contributed by atoms with Gasteiger partial charge in [0.05, 0.1) is 72.0 Å². The lowest BCUT2D eigenvalue weighted by molar-refractivity contribution is 0.508. The summed E-state index contributed by atoms with van der Waals surface area (Å²) in [5.41, 5.74) is 8.33. The minimum absolute atomic E-state index is 0.211. The number of nitriles is 4. The molecule has 340 valence electrons. The summed E-state index contributed by atoms with van der Waals surface area (Å²) in [6.07, 6.45) is 7.62. The van der Waals surface area contributed by atoms with Gasteiger partial charge in [-0.05, 0) is 92.8 Å². The Kier molecular flexibility index (Phi) is 8.97. The first-order valence-corrected chi connectivity index (χ1v) is 26.4. The number of allylic oxidation sites excluding steroid dienone is 10. The van der Waals surface area contributed by atoms with Crippen LogP contribution in [-0.2, 0) is 13.1 Å². The zero-order chi connectivity index (χ0) is 48.8. The van der Waals surface area contributed by atoms with E-state index in [4.69, 9.17) is 31.9 Å². The topological polar surface area (TPSA) is 131 Å². The Bertz CT molecular complexity index is 4380. The van der Waals surface area contributed by atoms with Crippen molar-refractivity contribution in [1.82, 2.24) is 17.9 Å². The van der Waals surface area contributed by atoms with E-state index in [-0.39, 0.29) is 45.3 Å². The van der Waals surface area contributed by atoms with Crippen molar-refractivity contribution in [3.63, 3.8) is 0 Å². The van der Waals surface area contributed by atoms with E-state index in [0.717, 1.165) is 108 Å². The Morgan fingerprint density at radius 1 is 0.535 bits per heavy atom. The fourth-order valence-electron chi connectivity index (χ4n) is 11.2. The Balaban J connectivity index is 1.10. The average molecular weight is 1060 g/mol. The van der Waals surface area contributed by atoms with Gasteiger partial charge in [0.15, 0.2) is 23.3 Å². The highest BCUT2D eigenvalue weighted by Crippen LogP contribution is 2.58. The molecule has 0 radical (unpaired) electrons. The predicted molar refractivity (Wildman–Crippen MR) is 279 cm³/mol. The van der Waals surface area contributed by atoms with Crippen LogP contribution in [0.25, 0.3) is 107 Å². The molecule has 0 saturated carbocycles. The van der Waals surface area contributed by atoms with Crippen LogP contribution in [0.3, 0.4) is 0 Å². The van der Waals surface area contributed by atoms with Crippen LogP contribution in [0.1, 0.15) is 45.9 Å². The third kappa shape index (κ3) is 5.49. The molecule has 3 aromatic carbocycles. The maximum Gasteiger partial charge on any atom is 0.159 e. The normalized spacial score (nSPS) is 17.9. The largest absolute Gasteiger partial charge is 0.336 e. The molecule has 8 nitrogen and oxygen atoms in total. The van der Waals surface area contributed by atoms with Gasteiger partial charge in [0.25, 0.3) is 0 Å².